The van der Waals surface area contributed by atoms with Crippen molar-refractivity contribution in [2.75, 3.05) is 0 Å². The predicted molar refractivity (Wildman–Crippen MR) is 233 cm³/mol. The van der Waals surface area contributed by atoms with Gasteiger partial charge < -0.3 is 9.47 Å². The molecule has 9 rings (SSSR count). The Hall–Kier alpha value is -4.90. The van der Waals surface area contributed by atoms with Crippen molar-refractivity contribution in [1.29, 1.82) is 0 Å². The zero-order valence-electron chi connectivity index (χ0n) is 35.4. The Bertz CT molecular complexity index is 2610. The first-order valence-electron chi connectivity index (χ1n) is 20.8. The maximum Gasteiger partial charge on any atom is 0.217 e. The summed E-state index contributed by atoms with van der Waals surface area (Å²) in [5, 5.41) is 2.48. The molecule has 56 heavy (non-hydrogen) atoms. The summed E-state index contributed by atoms with van der Waals surface area (Å²) in [7, 11) is 0. The molecule has 1 fully saturated rings. The molecule has 2 aromatic heterocycles. The van der Waals surface area contributed by atoms with Crippen LogP contribution in [0.2, 0.25) is 0 Å². The van der Waals surface area contributed by atoms with Crippen molar-refractivity contribution >= 4 is 27.7 Å². The molecule has 1 saturated carbocycles. The van der Waals surface area contributed by atoms with Gasteiger partial charge in [0.15, 0.2) is 0 Å². The van der Waals surface area contributed by atoms with Crippen molar-refractivity contribution in [2.45, 2.75) is 136 Å². The van der Waals surface area contributed by atoms with Crippen molar-refractivity contribution in [1.82, 2.24) is 9.55 Å². The fourth-order valence-electron chi connectivity index (χ4n) is 9.89. The molecule has 0 bridgehead atoms. The van der Waals surface area contributed by atoms with Gasteiger partial charge in [-0.25, -0.2) is 9.98 Å². The summed E-state index contributed by atoms with van der Waals surface area (Å²) in [6.45, 7) is 27.4. The third kappa shape index (κ3) is 5.40. The largest absolute Gasteiger partial charge is 0.469 e. The second-order valence-electron chi connectivity index (χ2n) is 19.5. The minimum absolute atomic E-state index is 0.00429. The van der Waals surface area contributed by atoms with E-state index in [2.05, 4.69) is 160 Å². The first kappa shape index (κ1) is 36.7. The Balaban J connectivity index is 1.27. The minimum Gasteiger partial charge on any atom is -0.469 e. The molecule has 0 spiro atoms. The van der Waals surface area contributed by atoms with Crippen molar-refractivity contribution < 1.29 is 9.47 Å². The van der Waals surface area contributed by atoms with Crippen molar-refractivity contribution in [2.24, 2.45) is 4.99 Å². The molecule has 1 aliphatic carbocycles. The van der Waals surface area contributed by atoms with Crippen LogP contribution in [0.25, 0.3) is 38.8 Å². The topological polar surface area (TPSA) is 48.6 Å². The van der Waals surface area contributed by atoms with E-state index in [1.165, 1.54) is 49.7 Å². The normalized spacial score (nSPS) is 21.1. The number of nitrogens with zero attached hydrogens (tertiary/aromatic N) is 3. The van der Waals surface area contributed by atoms with E-state index in [0.29, 0.717) is 11.8 Å². The molecule has 5 nitrogen and oxygen atoms in total. The number of pyridine rings is 1. The lowest BCUT2D eigenvalue weighted by Crippen LogP contribution is -2.41. The number of hydrogen-bond donors (Lipinski definition) is 0. The van der Waals surface area contributed by atoms with Crippen LogP contribution in [0.3, 0.4) is 0 Å². The van der Waals surface area contributed by atoms with Crippen molar-refractivity contribution in [3.63, 3.8) is 0 Å². The molecular formula is C51H57N3O2. The third-order valence-electron chi connectivity index (χ3n) is 13.5. The lowest BCUT2D eigenvalue weighted by atomic mass is 9.73. The monoisotopic (exact) mass is 743 g/mol. The molecule has 3 aliphatic rings. The van der Waals surface area contributed by atoms with Gasteiger partial charge in [0.2, 0.25) is 5.90 Å². The van der Waals surface area contributed by atoms with Gasteiger partial charge in [0.05, 0.1) is 11.0 Å². The molecule has 0 amide bonds. The van der Waals surface area contributed by atoms with E-state index in [0.717, 1.165) is 64.7 Å². The van der Waals surface area contributed by atoms with Gasteiger partial charge in [-0.1, -0.05) is 92.6 Å². The van der Waals surface area contributed by atoms with Gasteiger partial charge in [-0.05, 0) is 133 Å². The number of fused-ring (bicyclic) bond motifs is 6. The number of benzene rings is 4. The van der Waals surface area contributed by atoms with Crippen LogP contribution in [0.15, 0.2) is 84.0 Å². The summed E-state index contributed by atoms with van der Waals surface area (Å²) < 4.78 is 16.4. The molecule has 0 saturated heterocycles. The Morgan fingerprint density at radius 1 is 0.786 bits per heavy atom. The summed E-state index contributed by atoms with van der Waals surface area (Å²) in [4.78, 5) is 10.4. The molecule has 6 aromatic rings. The Labute approximate surface area is 333 Å². The number of aromatic nitrogens is 2. The first-order valence-corrected chi connectivity index (χ1v) is 20.8. The zero-order chi connectivity index (χ0) is 39.7. The maximum atomic E-state index is 7.13. The first-order chi connectivity index (χ1) is 26.4. The predicted octanol–water partition coefficient (Wildman–Crippen LogP) is 13.6. The van der Waals surface area contributed by atoms with Gasteiger partial charge in [-0.3, -0.25) is 4.57 Å². The van der Waals surface area contributed by atoms with E-state index >= 15 is 0 Å². The van der Waals surface area contributed by atoms with Crippen LogP contribution in [0.1, 0.15) is 146 Å². The van der Waals surface area contributed by atoms with E-state index in [9.17, 15) is 0 Å². The van der Waals surface area contributed by atoms with E-state index in [4.69, 9.17) is 19.5 Å². The van der Waals surface area contributed by atoms with Crippen LogP contribution >= 0.6 is 0 Å². The average molecular weight is 744 g/mol. The number of rotatable bonds is 6. The number of aliphatic imine (C=N–C) groups is 1. The summed E-state index contributed by atoms with van der Waals surface area (Å²) in [5.41, 5.74) is 12.6. The lowest BCUT2D eigenvalue weighted by Gasteiger charge is -2.35. The quantitative estimate of drug-likeness (QED) is 0.171. The number of hydrogen-bond acceptors (Lipinski definition) is 4. The highest BCUT2D eigenvalue weighted by Crippen LogP contribution is 2.51. The van der Waals surface area contributed by atoms with Crippen molar-refractivity contribution in [3.8, 4) is 28.4 Å². The highest BCUT2D eigenvalue weighted by molar-refractivity contribution is 6.12. The van der Waals surface area contributed by atoms with Crippen LogP contribution < -0.4 is 4.74 Å². The summed E-state index contributed by atoms with van der Waals surface area (Å²) in [6, 6.07) is 27.1. The Morgan fingerprint density at radius 2 is 1.50 bits per heavy atom. The van der Waals surface area contributed by atoms with Gasteiger partial charge in [0.1, 0.15) is 28.5 Å². The third-order valence-corrected chi connectivity index (χ3v) is 13.5. The number of aryl methyl sites for hydroxylation is 1. The standard InChI is InChI=1S/C51H57N3O2/c1-29(2)36-16-13-17-37(30(3)4)44(36)32-23-33(47-53-50(11)19-15-20-51(50,12)56-47)25-35(24-32)55-43-28-42-38(22-31(43)5)39-26-34(48(6,7)8)27-41-45(39)54(42)46-40(49(41,9)10)18-14-21-52-46/h13-14,16-18,21-30H,15,19-20H2,1-12H3/t50-,51+/m1/s1. The fourth-order valence-corrected chi connectivity index (χ4v) is 9.89. The minimum atomic E-state index is -0.303. The second kappa shape index (κ2) is 12.3. The van der Waals surface area contributed by atoms with Crippen LogP contribution in [0, 0.1) is 6.92 Å². The molecule has 5 heteroatoms. The molecule has 288 valence electrons. The SMILES string of the molecule is Cc1cc2c3cc(C(C)(C)C)cc4c3n(c2cc1Oc1cc(C2=N[C@]3(C)CCC[C@]3(C)O2)cc(-c2c(C(C)C)cccc2C(C)C)c1)-c1ncccc1C4(C)C. The molecule has 2 atom stereocenters. The van der Waals surface area contributed by atoms with Crippen LogP contribution in [0.4, 0.5) is 0 Å². The van der Waals surface area contributed by atoms with Crippen LogP contribution in [0.5, 0.6) is 11.5 Å². The van der Waals surface area contributed by atoms with Gasteiger partial charge in [0.25, 0.3) is 0 Å². The van der Waals surface area contributed by atoms with Crippen LogP contribution in [-0.2, 0) is 15.6 Å². The Morgan fingerprint density at radius 3 is 2.18 bits per heavy atom. The van der Waals surface area contributed by atoms with E-state index in [1.807, 2.05) is 6.20 Å². The summed E-state index contributed by atoms with van der Waals surface area (Å²) in [5.74, 6) is 4.01. The van der Waals surface area contributed by atoms with Gasteiger partial charge in [-0.15, -0.1) is 0 Å². The molecule has 4 heterocycles. The second-order valence-corrected chi connectivity index (χ2v) is 19.5. The molecule has 0 radical (unpaired) electrons. The fraction of sp³-hybridized carbons (Fsp3) is 0.412. The Kier molecular flexibility index (Phi) is 8.06. The average Bonchev–Trinajstić information content (AvgIpc) is 3.71. The molecule has 4 aromatic carbocycles. The van der Waals surface area contributed by atoms with E-state index in [1.54, 1.807) is 0 Å². The maximum absolute atomic E-state index is 7.13. The van der Waals surface area contributed by atoms with Gasteiger partial charge in [0, 0.05) is 39.6 Å². The van der Waals surface area contributed by atoms with Gasteiger partial charge >= 0.3 is 0 Å². The molecular weight excluding hydrogens is 687 g/mol. The molecule has 2 aliphatic heterocycles. The van der Waals surface area contributed by atoms with Gasteiger partial charge in [-0.2, -0.15) is 0 Å². The smallest absolute Gasteiger partial charge is 0.217 e. The van der Waals surface area contributed by atoms with E-state index in [-0.39, 0.29) is 22.0 Å². The highest BCUT2D eigenvalue weighted by atomic mass is 16.5. The molecule has 0 N–H and O–H groups in total. The van der Waals surface area contributed by atoms with Crippen LogP contribution in [-0.4, -0.2) is 26.6 Å². The molecule has 0 unspecified atom stereocenters. The lowest BCUT2D eigenvalue weighted by molar-refractivity contribution is 0.0580. The van der Waals surface area contributed by atoms with Crippen molar-refractivity contribution in [3.05, 3.63) is 118 Å². The number of ether oxygens (including phenoxy) is 2. The summed E-state index contributed by atoms with van der Waals surface area (Å²) >= 11 is 0. The zero-order valence-corrected chi connectivity index (χ0v) is 35.4. The summed E-state index contributed by atoms with van der Waals surface area (Å²) in [6.07, 6.45) is 5.09. The highest BCUT2D eigenvalue weighted by Gasteiger charge is 2.55. The van der Waals surface area contributed by atoms with E-state index < -0.39 is 0 Å².